The molecule has 2 aliphatic heterocycles. The molecule has 2 nitrogen and oxygen atoms in total. The van der Waals surface area contributed by atoms with Crippen molar-refractivity contribution in [3.05, 3.63) is 47.5 Å². The molecule has 0 aromatic heterocycles. The fourth-order valence-electron chi connectivity index (χ4n) is 3.60. The lowest BCUT2D eigenvalue weighted by molar-refractivity contribution is 0.0688. The Hall–Kier alpha value is -1.67. The van der Waals surface area contributed by atoms with Crippen LogP contribution in [-0.4, -0.2) is 23.3 Å². The van der Waals surface area contributed by atoms with Crippen LogP contribution in [-0.2, 0) is 6.54 Å². The molecule has 0 amide bonds. The van der Waals surface area contributed by atoms with E-state index in [4.69, 9.17) is 0 Å². The number of hydrogen-bond donors (Lipinski definition) is 0. The number of ketones is 1. The van der Waals surface area contributed by atoms with Crippen LogP contribution in [0.4, 0.5) is 0 Å². The number of benzene rings is 2. The van der Waals surface area contributed by atoms with Gasteiger partial charge in [-0.2, -0.15) is 0 Å². The molecule has 0 spiro atoms. The molecule has 0 bridgehead atoms. The summed E-state index contributed by atoms with van der Waals surface area (Å²) >= 11 is 0. The van der Waals surface area contributed by atoms with Gasteiger partial charge in [-0.1, -0.05) is 42.8 Å². The van der Waals surface area contributed by atoms with E-state index < -0.39 is 0 Å². The average Bonchev–Trinajstić information content (AvgIpc) is 2.47. The van der Waals surface area contributed by atoms with E-state index in [0.717, 1.165) is 30.5 Å². The molecule has 0 radical (unpaired) electrons. The monoisotopic (exact) mass is 251 g/mol. The molecular formula is C17H17NO. The van der Waals surface area contributed by atoms with Gasteiger partial charge in [0, 0.05) is 12.1 Å². The predicted octanol–water partition coefficient (Wildman–Crippen LogP) is 3.39. The van der Waals surface area contributed by atoms with Crippen LogP contribution in [0.2, 0.25) is 0 Å². The van der Waals surface area contributed by atoms with E-state index in [1.54, 1.807) is 0 Å². The number of fused-ring (bicyclic) bond motifs is 4. The molecule has 0 saturated carbocycles. The molecule has 2 aliphatic rings. The van der Waals surface area contributed by atoms with Crippen LogP contribution < -0.4 is 0 Å². The van der Waals surface area contributed by atoms with Crippen molar-refractivity contribution in [1.82, 2.24) is 4.90 Å². The van der Waals surface area contributed by atoms with E-state index in [1.807, 2.05) is 12.1 Å². The Labute approximate surface area is 113 Å². The molecule has 4 rings (SSSR count). The van der Waals surface area contributed by atoms with E-state index in [2.05, 4.69) is 29.2 Å². The summed E-state index contributed by atoms with van der Waals surface area (Å²) in [7, 11) is 0. The zero-order valence-corrected chi connectivity index (χ0v) is 10.9. The lowest BCUT2D eigenvalue weighted by Gasteiger charge is -2.39. The average molecular weight is 251 g/mol. The molecule has 0 unspecified atom stereocenters. The Balaban J connectivity index is 1.93. The predicted molar refractivity (Wildman–Crippen MR) is 76.3 cm³/mol. The summed E-state index contributed by atoms with van der Waals surface area (Å²) in [6.07, 6.45) is 3.45. The van der Waals surface area contributed by atoms with Crippen molar-refractivity contribution < 1.29 is 4.79 Å². The molecule has 1 atom stereocenters. The fourth-order valence-corrected chi connectivity index (χ4v) is 3.60. The molecule has 1 fully saturated rings. The van der Waals surface area contributed by atoms with Crippen molar-refractivity contribution in [2.24, 2.45) is 0 Å². The zero-order valence-electron chi connectivity index (χ0n) is 10.9. The molecule has 1 saturated heterocycles. The minimum absolute atomic E-state index is 0.132. The Kier molecular flexibility index (Phi) is 2.46. The molecule has 0 N–H and O–H groups in total. The molecular weight excluding hydrogens is 234 g/mol. The molecule has 2 heterocycles. The number of rotatable bonds is 0. The third-order valence-corrected chi connectivity index (χ3v) is 4.55. The summed E-state index contributed by atoms with van der Waals surface area (Å²) in [5.41, 5.74) is 2.20. The van der Waals surface area contributed by atoms with Crippen LogP contribution in [0.5, 0.6) is 0 Å². The van der Waals surface area contributed by atoms with Gasteiger partial charge in [-0.05, 0) is 35.7 Å². The van der Waals surface area contributed by atoms with Crippen molar-refractivity contribution in [2.45, 2.75) is 31.8 Å². The molecule has 2 heteroatoms. The highest BCUT2D eigenvalue weighted by Crippen LogP contribution is 2.33. The largest absolute Gasteiger partial charge is 0.292 e. The number of hydrogen-bond acceptors (Lipinski definition) is 2. The summed E-state index contributed by atoms with van der Waals surface area (Å²) in [4.78, 5) is 15.2. The first-order chi connectivity index (χ1) is 9.34. The van der Waals surface area contributed by atoms with Gasteiger partial charge in [-0.3, -0.25) is 9.69 Å². The van der Waals surface area contributed by atoms with Gasteiger partial charge >= 0.3 is 0 Å². The van der Waals surface area contributed by atoms with Gasteiger partial charge in [0.1, 0.15) is 0 Å². The zero-order chi connectivity index (χ0) is 12.8. The van der Waals surface area contributed by atoms with Crippen LogP contribution in [0.25, 0.3) is 10.8 Å². The van der Waals surface area contributed by atoms with Crippen molar-refractivity contribution >= 4 is 16.6 Å². The second-order valence-corrected chi connectivity index (χ2v) is 5.67. The van der Waals surface area contributed by atoms with Gasteiger partial charge in [0.2, 0.25) is 0 Å². The lowest BCUT2D eigenvalue weighted by atomic mass is 9.84. The second-order valence-electron chi connectivity index (χ2n) is 5.67. The highest BCUT2D eigenvalue weighted by atomic mass is 16.1. The third kappa shape index (κ3) is 1.63. The van der Waals surface area contributed by atoms with E-state index in [9.17, 15) is 4.79 Å². The lowest BCUT2D eigenvalue weighted by Crippen LogP contribution is -2.47. The summed E-state index contributed by atoms with van der Waals surface area (Å²) in [5, 5.41) is 2.31. The van der Waals surface area contributed by atoms with Gasteiger partial charge in [0.15, 0.2) is 5.78 Å². The Morgan fingerprint density at radius 1 is 1.05 bits per heavy atom. The highest BCUT2D eigenvalue weighted by molar-refractivity contribution is 6.12. The number of nitrogens with zero attached hydrogens (tertiary/aromatic N) is 1. The Bertz CT molecular complexity index is 661. The maximum atomic E-state index is 12.8. The molecule has 0 aliphatic carbocycles. The van der Waals surface area contributed by atoms with Crippen molar-refractivity contribution in [2.75, 3.05) is 6.54 Å². The van der Waals surface area contributed by atoms with E-state index in [0.29, 0.717) is 5.78 Å². The number of piperidine rings is 1. The smallest absolute Gasteiger partial charge is 0.180 e. The van der Waals surface area contributed by atoms with Gasteiger partial charge in [0.25, 0.3) is 0 Å². The fraction of sp³-hybridized carbons (Fsp3) is 0.353. The molecule has 2 aromatic rings. The number of carbonyl (C=O) groups is 1. The van der Waals surface area contributed by atoms with E-state index >= 15 is 0 Å². The first-order valence-electron chi connectivity index (χ1n) is 7.13. The van der Waals surface area contributed by atoms with Crippen LogP contribution in [0, 0.1) is 0 Å². The standard InChI is InChI=1S/C17H17NO/c19-17-15-7-3-4-10-18(15)11-13-9-8-12-5-1-2-6-14(12)16(13)17/h1-2,5-6,8-9,15H,3-4,7,10-11H2/t15-/m0/s1. The normalized spacial score (nSPS) is 23.2. The second kappa shape index (κ2) is 4.17. The van der Waals surface area contributed by atoms with Crippen LogP contribution in [0.1, 0.15) is 35.2 Å². The minimum atomic E-state index is 0.132. The van der Waals surface area contributed by atoms with Crippen LogP contribution >= 0.6 is 0 Å². The topological polar surface area (TPSA) is 20.3 Å². The first kappa shape index (κ1) is 11.2. The highest BCUT2D eigenvalue weighted by Gasteiger charge is 2.35. The van der Waals surface area contributed by atoms with Crippen molar-refractivity contribution in [3.63, 3.8) is 0 Å². The maximum Gasteiger partial charge on any atom is 0.180 e. The van der Waals surface area contributed by atoms with Gasteiger partial charge < -0.3 is 0 Å². The van der Waals surface area contributed by atoms with Gasteiger partial charge in [-0.25, -0.2) is 0 Å². The molecule has 96 valence electrons. The summed E-state index contributed by atoms with van der Waals surface area (Å²) in [5.74, 6) is 0.345. The number of Topliss-reactive ketones (excluding diaryl/α,β-unsaturated/α-hetero) is 1. The minimum Gasteiger partial charge on any atom is -0.292 e. The summed E-state index contributed by atoms with van der Waals surface area (Å²) in [6.45, 7) is 2.01. The van der Waals surface area contributed by atoms with Crippen LogP contribution in [0.15, 0.2) is 36.4 Å². The summed E-state index contributed by atoms with van der Waals surface area (Å²) in [6, 6.07) is 12.7. The quantitative estimate of drug-likeness (QED) is 0.715. The Morgan fingerprint density at radius 3 is 2.89 bits per heavy atom. The van der Waals surface area contributed by atoms with E-state index in [1.165, 1.54) is 23.8 Å². The third-order valence-electron chi connectivity index (χ3n) is 4.55. The van der Waals surface area contributed by atoms with Crippen LogP contribution in [0.3, 0.4) is 0 Å². The SMILES string of the molecule is O=C1c2c(ccc3ccccc23)CN2CCCC[C@@H]12. The Morgan fingerprint density at radius 2 is 1.95 bits per heavy atom. The molecule has 2 aromatic carbocycles. The molecule has 19 heavy (non-hydrogen) atoms. The van der Waals surface area contributed by atoms with E-state index in [-0.39, 0.29) is 6.04 Å². The van der Waals surface area contributed by atoms with Gasteiger partial charge in [-0.15, -0.1) is 0 Å². The van der Waals surface area contributed by atoms with Gasteiger partial charge in [0.05, 0.1) is 6.04 Å². The maximum absolute atomic E-state index is 12.8. The van der Waals surface area contributed by atoms with Crippen molar-refractivity contribution in [1.29, 1.82) is 0 Å². The number of carbonyl (C=O) groups excluding carboxylic acids is 1. The first-order valence-corrected chi connectivity index (χ1v) is 7.13. The van der Waals surface area contributed by atoms with Crippen molar-refractivity contribution in [3.8, 4) is 0 Å². The summed E-state index contributed by atoms with van der Waals surface area (Å²) < 4.78 is 0.